The van der Waals surface area contributed by atoms with Gasteiger partial charge in [-0.15, -0.1) is 0 Å². The Morgan fingerprint density at radius 2 is 1.90 bits per heavy atom. The third kappa shape index (κ3) is 5.19. The number of nitrogens with one attached hydrogen (secondary N) is 1. The van der Waals surface area contributed by atoms with Crippen LogP contribution in [0.2, 0.25) is 0 Å². The highest BCUT2D eigenvalue weighted by atomic mass is 16.4. The van der Waals surface area contributed by atoms with E-state index in [-0.39, 0.29) is 5.91 Å². The first kappa shape index (κ1) is 17.2. The molecule has 21 heavy (non-hydrogen) atoms. The largest absolute Gasteiger partial charge is 0.480 e. The van der Waals surface area contributed by atoms with Crippen LogP contribution in [-0.4, -0.2) is 23.0 Å². The van der Waals surface area contributed by atoms with Crippen molar-refractivity contribution in [2.24, 2.45) is 11.7 Å². The summed E-state index contributed by atoms with van der Waals surface area (Å²) in [6, 6.07) is 8.03. The van der Waals surface area contributed by atoms with Crippen LogP contribution >= 0.6 is 0 Å². The summed E-state index contributed by atoms with van der Waals surface area (Å²) in [7, 11) is 0. The van der Waals surface area contributed by atoms with Crippen molar-refractivity contribution in [3.05, 3.63) is 35.9 Å². The molecule has 0 fully saturated rings. The van der Waals surface area contributed by atoms with E-state index in [1.165, 1.54) is 0 Å². The lowest BCUT2D eigenvalue weighted by atomic mass is 9.94. The molecule has 116 valence electrons. The Hall–Kier alpha value is -1.88. The second-order valence-electron chi connectivity index (χ2n) is 5.27. The molecule has 3 unspecified atom stereocenters. The van der Waals surface area contributed by atoms with Gasteiger partial charge in [0.25, 0.3) is 0 Å². The molecule has 0 aliphatic heterocycles. The topological polar surface area (TPSA) is 92.4 Å². The Labute approximate surface area is 125 Å². The number of hydrogen-bond acceptors (Lipinski definition) is 3. The summed E-state index contributed by atoms with van der Waals surface area (Å²) in [5, 5.41) is 11.7. The molecule has 0 bridgehead atoms. The highest BCUT2D eigenvalue weighted by Gasteiger charge is 2.26. The third-order valence-corrected chi connectivity index (χ3v) is 3.60. The van der Waals surface area contributed by atoms with Crippen molar-refractivity contribution < 1.29 is 14.7 Å². The normalized spacial score (nSPS) is 15.0. The fourth-order valence-electron chi connectivity index (χ4n) is 2.10. The van der Waals surface area contributed by atoms with E-state index in [0.717, 1.165) is 18.4 Å². The van der Waals surface area contributed by atoms with Crippen LogP contribution in [-0.2, 0) is 9.59 Å². The van der Waals surface area contributed by atoms with Gasteiger partial charge in [0.05, 0.1) is 5.92 Å². The maximum atomic E-state index is 12.2. The minimum atomic E-state index is -1.00. The third-order valence-electron chi connectivity index (χ3n) is 3.60. The molecule has 1 aromatic rings. The van der Waals surface area contributed by atoms with E-state index in [0.29, 0.717) is 6.42 Å². The molecular formula is C16H24N2O3. The molecule has 0 spiro atoms. The average molecular weight is 292 g/mol. The van der Waals surface area contributed by atoms with E-state index >= 15 is 0 Å². The number of aliphatic carboxylic acids is 1. The molecule has 0 aromatic heterocycles. The minimum absolute atomic E-state index is 0.324. The van der Waals surface area contributed by atoms with Gasteiger partial charge in [-0.05, 0) is 12.0 Å². The van der Waals surface area contributed by atoms with Gasteiger partial charge >= 0.3 is 5.97 Å². The van der Waals surface area contributed by atoms with Crippen LogP contribution in [0.3, 0.4) is 0 Å². The maximum Gasteiger partial charge on any atom is 0.326 e. The molecule has 5 heteroatoms. The molecule has 0 aliphatic carbocycles. The molecule has 0 saturated heterocycles. The minimum Gasteiger partial charge on any atom is -0.480 e. The van der Waals surface area contributed by atoms with Crippen molar-refractivity contribution >= 4 is 11.9 Å². The molecule has 1 amide bonds. The molecule has 0 aliphatic rings. The van der Waals surface area contributed by atoms with Crippen molar-refractivity contribution in [1.29, 1.82) is 0 Å². The van der Waals surface area contributed by atoms with Gasteiger partial charge < -0.3 is 16.2 Å². The second kappa shape index (κ2) is 8.42. The summed E-state index contributed by atoms with van der Waals surface area (Å²) in [4.78, 5) is 23.3. The highest BCUT2D eigenvalue weighted by Crippen LogP contribution is 2.19. The molecule has 1 aromatic carbocycles. The van der Waals surface area contributed by atoms with Gasteiger partial charge in [-0.2, -0.15) is 0 Å². The first-order chi connectivity index (χ1) is 9.97. The number of rotatable bonds is 8. The zero-order chi connectivity index (χ0) is 15.8. The first-order valence-corrected chi connectivity index (χ1v) is 7.31. The fraction of sp³-hybridized carbons (Fsp3) is 0.500. The van der Waals surface area contributed by atoms with Gasteiger partial charge in [0.2, 0.25) is 5.91 Å². The molecule has 3 atom stereocenters. The molecule has 5 nitrogen and oxygen atoms in total. The zero-order valence-electron chi connectivity index (χ0n) is 12.6. The van der Waals surface area contributed by atoms with Crippen LogP contribution in [0.15, 0.2) is 30.3 Å². The SMILES string of the molecule is CCCCC(NC(=O)C(C)C(N)c1ccccc1)C(=O)O. The summed E-state index contributed by atoms with van der Waals surface area (Å²) in [6.07, 6.45) is 2.08. The van der Waals surface area contributed by atoms with Crippen molar-refractivity contribution in [3.63, 3.8) is 0 Å². The Bertz CT molecular complexity index is 462. The molecule has 0 radical (unpaired) electrons. The molecule has 4 N–H and O–H groups in total. The summed E-state index contributed by atoms with van der Waals surface area (Å²) >= 11 is 0. The van der Waals surface area contributed by atoms with Gasteiger partial charge in [-0.3, -0.25) is 4.79 Å². The van der Waals surface area contributed by atoms with Crippen LogP contribution in [0.4, 0.5) is 0 Å². The molecule has 0 heterocycles. The number of nitrogens with two attached hydrogens (primary N) is 1. The van der Waals surface area contributed by atoms with Crippen LogP contribution in [0.5, 0.6) is 0 Å². The number of carbonyl (C=O) groups is 2. The van der Waals surface area contributed by atoms with Crippen molar-refractivity contribution in [1.82, 2.24) is 5.32 Å². The van der Waals surface area contributed by atoms with Crippen molar-refractivity contribution in [2.75, 3.05) is 0 Å². The standard InChI is InChI=1S/C16H24N2O3/c1-3-4-10-13(16(20)21)18-15(19)11(2)14(17)12-8-6-5-7-9-12/h5-9,11,13-14H,3-4,10,17H2,1-2H3,(H,18,19)(H,20,21). The second-order valence-corrected chi connectivity index (χ2v) is 5.27. The highest BCUT2D eigenvalue weighted by molar-refractivity contribution is 5.85. The number of carboxylic acids is 1. The lowest BCUT2D eigenvalue weighted by Crippen LogP contribution is -2.45. The summed E-state index contributed by atoms with van der Waals surface area (Å²) in [6.45, 7) is 3.69. The summed E-state index contributed by atoms with van der Waals surface area (Å²) < 4.78 is 0. The quantitative estimate of drug-likeness (QED) is 0.684. The van der Waals surface area contributed by atoms with Gasteiger partial charge in [0, 0.05) is 6.04 Å². The van der Waals surface area contributed by atoms with Crippen LogP contribution in [0.1, 0.15) is 44.7 Å². The summed E-state index contributed by atoms with van der Waals surface area (Å²) in [5.41, 5.74) is 6.94. The van der Waals surface area contributed by atoms with Crippen molar-refractivity contribution in [3.8, 4) is 0 Å². The van der Waals surface area contributed by atoms with E-state index in [2.05, 4.69) is 5.32 Å². The first-order valence-electron chi connectivity index (χ1n) is 7.31. The summed E-state index contributed by atoms with van der Waals surface area (Å²) in [5.74, 6) is -1.82. The van der Waals surface area contributed by atoms with E-state index in [9.17, 15) is 9.59 Å². The molecule has 0 saturated carbocycles. The number of carbonyl (C=O) groups excluding carboxylic acids is 1. The lowest BCUT2D eigenvalue weighted by molar-refractivity contribution is -0.142. The zero-order valence-corrected chi connectivity index (χ0v) is 12.6. The number of amides is 1. The van der Waals surface area contributed by atoms with E-state index in [1.807, 2.05) is 37.3 Å². The van der Waals surface area contributed by atoms with E-state index < -0.39 is 24.0 Å². The van der Waals surface area contributed by atoms with Gasteiger partial charge in [-0.1, -0.05) is 57.0 Å². The van der Waals surface area contributed by atoms with Crippen LogP contribution in [0.25, 0.3) is 0 Å². The predicted octanol–water partition coefficient (Wildman–Crippen LogP) is 2.08. The van der Waals surface area contributed by atoms with E-state index in [1.54, 1.807) is 6.92 Å². The van der Waals surface area contributed by atoms with Crippen molar-refractivity contribution in [2.45, 2.75) is 45.2 Å². The number of unbranched alkanes of at least 4 members (excludes halogenated alkanes) is 1. The van der Waals surface area contributed by atoms with Gasteiger partial charge in [-0.25, -0.2) is 4.79 Å². The van der Waals surface area contributed by atoms with Gasteiger partial charge in [0.15, 0.2) is 0 Å². The number of carboxylic acid groups (broad SMARTS) is 1. The Morgan fingerprint density at radius 3 is 2.43 bits per heavy atom. The maximum absolute atomic E-state index is 12.2. The van der Waals surface area contributed by atoms with Crippen LogP contribution < -0.4 is 11.1 Å². The monoisotopic (exact) mass is 292 g/mol. The molecular weight excluding hydrogens is 268 g/mol. The predicted molar refractivity (Wildman–Crippen MR) is 81.6 cm³/mol. The number of benzene rings is 1. The average Bonchev–Trinajstić information content (AvgIpc) is 2.50. The lowest BCUT2D eigenvalue weighted by Gasteiger charge is -2.22. The smallest absolute Gasteiger partial charge is 0.326 e. The van der Waals surface area contributed by atoms with Gasteiger partial charge in [0.1, 0.15) is 6.04 Å². The van der Waals surface area contributed by atoms with E-state index in [4.69, 9.17) is 10.8 Å². The Kier molecular flexibility index (Phi) is 6.88. The Balaban J connectivity index is 2.66. The van der Waals surface area contributed by atoms with Crippen LogP contribution in [0, 0.1) is 5.92 Å². The fourth-order valence-corrected chi connectivity index (χ4v) is 2.10. The Morgan fingerprint density at radius 1 is 1.29 bits per heavy atom. The number of hydrogen-bond donors (Lipinski definition) is 3. The molecule has 1 rings (SSSR count).